The summed E-state index contributed by atoms with van der Waals surface area (Å²) in [4.78, 5) is 14.0. The van der Waals surface area contributed by atoms with Gasteiger partial charge in [0, 0.05) is 19.0 Å². The molecule has 0 atom stereocenters. The van der Waals surface area contributed by atoms with Gasteiger partial charge < -0.3 is 10.6 Å². The van der Waals surface area contributed by atoms with E-state index in [1.807, 2.05) is 4.90 Å². The van der Waals surface area contributed by atoms with Crippen LogP contribution in [0, 0.1) is 11.8 Å². The Balaban J connectivity index is 1.55. The van der Waals surface area contributed by atoms with Crippen molar-refractivity contribution in [2.75, 3.05) is 13.1 Å². The molecule has 0 bridgehead atoms. The first-order valence-electron chi connectivity index (χ1n) is 6.27. The molecule has 3 nitrogen and oxygen atoms in total. The van der Waals surface area contributed by atoms with Crippen LogP contribution < -0.4 is 5.73 Å². The molecule has 1 amide bonds. The summed E-state index contributed by atoms with van der Waals surface area (Å²) in [6, 6.07) is 0. The van der Waals surface area contributed by atoms with E-state index in [4.69, 9.17) is 5.73 Å². The first-order chi connectivity index (χ1) is 7.19. The first kappa shape index (κ1) is 9.64. The van der Waals surface area contributed by atoms with Crippen LogP contribution >= 0.6 is 0 Å². The van der Waals surface area contributed by atoms with Gasteiger partial charge in [0.1, 0.15) is 0 Å². The quantitative estimate of drug-likeness (QED) is 0.739. The highest BCUT2D eigenvalue weighted by molar-refractivity contribution is 5.80. The average Bonchev–Trinajstić information content (AvgIpc) is 2.89. The Bertz CT molecular complexity index is 273. The third-order valence-electron chi connectivity index (χ3n) is 4.38. The first-order valence-corrected chi connectivity index (χ1v) is 6.27. The maximum absolute atomic E-state index is 12.0. The molecule has 1 heterocycles. The van der Waals surface area contributed by atoms with Crippen molar-refractivity contribution in [3.05, 3.63) is 0 Å². The van der Waals surface area contributed by atoms with Gasteiger partial charge >= 0.3 is 0 Å². The molecule has 84 valence electrons. The molecule has 15 heavy (non-hydrogen) atoms. The summed E-state index contributed by atoms with van der Waals surface area (Å²) in [6.45, 7) is 1.65. The summed E-state index contributed by atoms with van der Waals surface area (Å²) in [6.07, 6.45) is 7.25. The number of carbonyl (C=O) groups excluding carboxylic acids is 1. The molecule has 0 spiro atoms. The number of likely N-dealkylation sites (tertiary alicyclic amines) is 1. The Morgan fingerprint density at radius 1 is 1.13 bits per heavy atom. The molecule has 2 saturated carbocycles. The van der Waals surface area contributed by atoms with Crippen molar-refractivity contribution in [1.82, 2.24) is 4.90 Å². The van der Waals surface area contributed by atoms with Crippen LogP contribution in [-0.2, 0) is 4.79 Å². The molecule has 2 aliphatic carbocycles. The summed E-state index contributed by atoms with van der Waals surface area (Å²) in [5.74, 6) is 1.42. The topological polar surface area (TPSA) is 46.3 Å². The van der Waals surface area contributed by atoms with Crippen molar-refractivity contribution in [3.8, 4) is 0 Å². The monoisotopic (exact) mass is 208 g/mol. The zero-order valence-electron chi connectivity index (χ0n) is 9.24. The zero-order valence-corrected chi connectivity index (χ0v) is 9.24. The Labute approximate surface area is 91.0 Å². The van der Waals surface area contributed by atoms with Gasteiger partial charge in [0.25, 0.3) is 0 Å². The molecule has 0 aromatic heterocycles. The summed E-state index contributed by atoms with van der Waals surface area (Å²) in [5.41, 5.74) is 6.24. The number of hydrogen-bond donors (Lipinski definition) is 1. The van der Waals surface area contributed by atoms with Crippen LogP contribution in [-0.4, -0.2) is 29.4 Å². The minimum absolute atomic E-state index is 0.00569. The van der Waals surface area contributed by atoms with Gasteiger partial charge in [-0.05, 0) is 31.6 Å². The van der Waals surface area contributed by atoms with E-state index in [-0.39, 0.29) is 5.54 Å². The second-order valence-electron chi connectivity index (χ2n) is 5.68. The van der Waals surface area contributed by atoms with Crippen LogP contribution in [0.3, 0.4) is 0 Å². The second kappa shape index (κ2) is 3.21. The third-order valence-corrected chi connectivity index (χ3v) is 4.38. The van der Waals surface area contributed by atoms with E-state index >= 15 is 0 Å². The molecule has 0 unspecified atom stereocenters. The molecule has 1 saturated heterocycles. The summed E-state index contributed by atoms with van der Waals surface area (Å²) < 4.78 is 0. The van der Waals surface area contributed by atoms with Crippen molar-refractivity contribution in [2.45, 2.75) is 44.1 Å². The SMILES string of the molecule is NC1(C2CC2)CN(C(=O)C2CCCC2)C1. The Hall–Kier alpha value is -0.570. The van der Waals surface area contributed by atoms with Crippen LogP contribution in [0.4, 0.5) is 0 Å². The molecule has 0 aromatic carbocycles. The summed E-state index contributed by atoms with van der Waals surface area (Å²) in [7, 11) is 0. The van der Waals surface area contributed by atoms with Crippen molar-refractivity contribution in [1.29, 1.82) is 0 Å². The van der Waals surface area contributed by atoms with Crippen molar-refractivity contribution >= 4 is 5.91 Å². The molecule has 3 heteroatoms. The number of nitrogens with zero attached hydrogens (tertiary/aromatic N) is 1. The lowest BCUT2D eigenvalue weighted by Gasteiger charge is -2.49. The van der Waals surface area contributed by atoms with Crippen LogP contribution in [0.15, 0.2) is 0 Å². The standard InChI is InChI=1S/C12H20N2O/c13-12(10-5-6-10)7-14(8-12)11(15)9-3-1-2-4-9/h9-10H,1-8,13H2. The largest absolute Gasteiger partial charge is 0.339 e. The zero-order chi connectivity index (χ0) is 10.5. The van der Waals surface area contributed by atoms with Gasteiger partial charge in [-0.15, -0.1) is 0 Å². The average molecular weight is 208 g/mol. The highest BCUT2D eigenvalue weighted by atomic mass is 16.2. The molecule has 3 aliphatic rings. The normalized spacial score (nSPS) is 30.3. The van der Waals surface area contributed by atoms with Crippen LogP contribution in [0.25, 0.3) is 0 Å². The lowest BCUT2D eigenvalue weighted by atomic mass is 9.84. The van der Waals surface area contributed by atoms with Crippen molar-refractivity contribution in [2.24, 2.45) is 17.6 Å². The van der Waals surface area contributed by atoms with Crippen LogP contribution in [0.1, 0.15) is 38.5 Å². The predicted octanol–water partition coefficient (Wildman–Crippen LogP) is 1.13. The molecule has 3 rings (SSSR count). The van der Waals surface area contributed by atoms with E-state index in [0.29, 0.717) is 17.7 Å². The lowest BCUT2D eigenvalue weighted by molar-refractivity contribution is -0.143. The highest BCUT2D eigenvalue weighted by Crippen LogP contribution is 2.43. The van der Waals surface area contributed by atoms with E-state index in [9.17, 15) is 4.79 Å². The molecular formula is C12H20N2O. The maximum Gasteiger partial charge on any atom is 0.225 e. The molecule has 0 aromatic rings. The second-order valence-corrected chi connectivity index (χ2v) is 5.68. The number of amides is 1. The van der Waals surface area contributed by atoms with Crippen molar-refractivity contribution in [3.63, 3.8) is 0 Å². The van der Waals surface area contributed by atoms with Gasteiger partial charge in [-0.1, -0.05) is 12.8 Å². The summed E-state index contributed by atoms with van der Waals surface area (Å²) >= 11 is 0. The number of carbonyl (C=O) groups is 1. The minimum Gasteiger partial charge on any atom is -0.339 e. The molecule has 1 aliphatic heterocycles. The predicted molar refractivity (Wildman–Crippen MR) is 58.2 cm³/mol. The van der Waals surface area contributed by atoms with E-state index in [2.05, 4.69) is 0 Å². The smallest absolute Gasteiger partial charge is 0.225 e. The number of rotatable bonds is 2. The fraction of sp³-hybridized carbons (Fsp3) is 0.917. The van der Waals surface area contributed by atoms with Crippen LogP contribution in [0.2, 0.25) is 0 Å². The fourth-order valence-corrected chi connectivity index (χ4v) is 3.17. The highest BCUT2D eigenvalue weighted by Gasteiger charge is 2.52. The maximum atomic E-state index is 12.0. The molecule has 3 fully saturated rings. The van der Waals surface area contributed by atoms with Gasteiger partial charge in [0.2, 0.25) is 5.91 Å². The molecule has 2 N–H and O–H groups in total. The fourth-order valence-electron chi connectivity index (χ4n) is 3.17. The number of nitrogens with two attached hydrogens (primary N) is 1. The van der Waals surface area contributed by atoms with Crippen LogP contribution in [0.5, 0.6) is 0 Å². The van der Waals surface area contributed by atoms with Gasteiger partial charge in [0.15, 0.2) is 0 Å². The van der Waals surface area contributed by atoms with Crippen molar-refractivity contribution < 1.29 is 4.79 Å². The van der Waals surface area contributed by atoms with E-state index in [1.54, 1.807) is 0 Å². The molecule has 0 radical (unpaired) electrons. The summed E-state index contributed by atoms with van der Waals surface area (Å²) in [5, 5.41) is 0. The van der Waals surface area contributed by atoms with E-state index in [1.165, 1.54) is 25.7 Å². The van der Waals surface area contributed by atoms with E-state index in [0.717, 1.165) is 25.9 Å². The minimum atomic E-state index is -0.00569. The van der Waals surface area contributed by atoms with Gasteiger partial charge in [-0.3, -0.25) is 4.79 Å². The van der Waals surface area contributed by atoms with Gasteiger partial charge in [-0.2, -0.15) is 0 Å². The lowest BCUT2D eigenvalue weighted by Crippen LogP contribution is -2.70. The Kier molecular flexibility index (Phi) is 2.06. The third kappa shape index (κ3) is 1.57. The van der Waals surface area contributed by atoms with Gasteiger partial charge in [0.05, 0.1) is 5.54 Å². The van der Waals surface area contributed by atoms with E-state index < -0.39 is 0 Å². The Morgan fingerprint density at radius 2 is 1.73 bits per heavy atom. The number of hydrogen-bond acceptors (Lipinski definition) is 2. The van der Waals surface area contributed by atoms with Gasteiger partial charge in [-0.25, -0.2) is 0 Å². The Morgan fingerprint density at radius 3 is 2.27 bits per heavy atom. The molecular weight excluding hydrogens is 188 g/mol.